The number of aromatic hydroxyl groups is 3. The van der Waals surface area contributed by atoms with Crippen LogP contribution in [0.1, 0.15) is 109 Å². The number of rotatable bonds is 13. The van der Waals surface area contributed by atoms with E-state index in [4.69, 9.17) is 0 Å². The van der Waals surface area contributed by atoms with Crippen LogP contribution < -0.4 is 0 Å². The van der Waals surface area contributed by atoms with Crippen molar-refractivity contribution < 1.29 is 15.3 Å². The van der Waals surface area contributed by atoms with E-state index in [-0.39, 0.29) is 17.2 Å². The van der Waals surface area contributed by atoms with Gasteiger partial charge in [0.15, 0.2) is 11.5 Å². The Kier molecular flexibility index (Phi) is 8.09. The standard InChI is InChI=1S/C25H42O3/c1-5-24(2,3)14-10-7-6-8-12-19-18-20(22(27)23(28)21(19)26)13-9-11-15-25(4)16-17-25/h18,26-28H,5-17H2,1-4H3. The molecule has 0 aromatic heterocycles. The zero-order valence-corrected chi connectivity index (χ0v) is 18.6. The van der Waals surface area contributed by atoms with Crippen LogP contribution in [0.2, 0.25) is 0 Å². The van der Waals surface area contributed by atoms with E-state index in [1.807, 2.05) is 6.07 Å². The van der Waals surface area contributed by atoms with E-state index in [2.05, 4.69) is 27.7 Å². The summed E-state index contributed by atoms with van der Waals surface area (Å²) in [4.78, 5) is 0. The van der Waals surface area contributed by atoms with E-state index in [1.54, 1.807) is 0 Å². The van der Waals surface area contributed by atoms with Crippen LogP contribution in [-0.2, 0) is 12.8 Å². The fourth-order valence-electron chi connectivity index (χ4n) is 3.92. The molecule has 0 spiro atoms. The number of phenolic OH excluding ortho intramolecular Hbond substituents is 3. The zero-order valence-electron chi connectivity index (χ0n) is 18.6. The average Bonchev–Trinajstić information content (AvgIpc) is 3.40. The van der Waals surface area contributed by atoms with Crippen molar-refractivity contribution in [2.75, 3.05) is 0 Å². The smallest absolute Gasteiger partial charge is 0.200 e. The Balaban J connectivity index is 1.79. The summed E-state index contributed by atoms with van der Waals surface area (Å²) in [6, 6.07) is 1.91. The van der Waals surface area contributed by atoms with Gasteiger partial charge in [0.1, 0.15) is 0 Å². The van der Waals surface area contributed by atoms with Crippen LogP contribution in [0.25, 0.3) is 0 Å². The first-order chi connectivity index (χ1) is 13.2. The van der Waals surface area contributed by atoms with Gasteiger partial charge in [-0.1, -0.05) is 59.8 Å². The first-order valence-corrected chi connectivity index (χ1v) is 11.4. The first-order valence-electron chi connectivity index (χ1n) is 11.4. The quantitative estimate of drug-likeness (QED) is 0.245. The number of benzene rings is 1. The molecule has 3 nitrogen and oxygen atoms in total. The molecule has 1 aromatic carbocycles. The van der Waals surface area contributed by atoms with Crippen LogP contribution in [-0.4, -0.2) is 15.3 Å². The summed E-state index contributed by atoms with van der Waals surface area (Å²) in [5.41, 5.74) is 2.55. The van der Waals surface area contributed by atoms with Crippen LogP contribution in [0.3, 0.4) is 0 Å². The summed E-state index contributed by atoms with van der Waals surface area (Å²) >= 11 is 0. The van der Waals surface area contributed by atoms with Crippen molar-refractivity contribution in [2.45, 2.75) is 111 Å². The van der Waals surface area contributed by atoms with Gasteiger partial charge in [-0.15, -0.1) is 0 Å². The van der Waals surface area contributed by atoms with Crippen LogP contribution in [0, 0.1) is 10.8 Å². The highest BCUT2D eigenvalue weighted by Gasteiger charge is 2.35. The summed E-state index contributed by atoms with van der Waals surface area (Å²) in [7, 11) is 0. The van der Waals surface area contributed by atoms with Crippen LogP contribution in [0.4, 0.5) is 0 Å². The molecule has 1 aliphatic rings. The highest BCUT2D eigenvalue weighted by Crippen LogP contribution is 2.49. The van der Waals surface area contributed by atoms with E-state index >= 15 is 0 Å². The molecule has 1 saturated carbocycles. The molecule has 3 N–H and O–H groups in total. The van der Waals surface area contributed by atoms with Gasteiger partial charge in [-0.05, 0) is 79.4 Å². The minimum atomic E-state index is -0.341. The molecule has 28 heavy (non-hydrogen) atoms. The molecule has 160 valence electrons. The molecule has 1 fully saturated rings. The SMILES string of the molecule is CCC(C)(C)CCCCCCc1cc(CCCCC2(C)CC2)c(O)c(O)c1O. The van der Waals surface area contributed by atoms with E-state index < -0.39 is 0 Å². The summed E-state index contributed by atoms with van der Waals surface area (Å²) in [6.45, 7) is 9.26. The fraction of sp³-hybridized carbons (Fsp3) is 0.760. The molecule has 0 heterocycles. The lowest BCUT2D eigenvalue weighted by atomic mass is 9.84. The molecule has 3 heteroatoms. The summed E-state index contributed by atoms with van der Waals surface area (Å²) < 4.78 is 0. The fourth-order valence-corrected chi connectivity index (χ4v) is 3.92. The molecule has 1 aliphatic carbocycles. The first kappa shape index (κ1) is 22.9. The van der Waals surface area contributed by atoms with Gasteiger partial charge in [0.2, 0.25) is 5.75 Å². The lowest BCUT2D eigenvalue weighted by Gasteiger charge is -2.22. The second kappa shape index (κ2) is 9.89. The van der Waals surface area contributed by atoms with Crippen LogP contribution >= 0.6 is 0 Å². The molecule has 0 atom stereocenters. The van der Waals surface area contributed by atoms with Gasteiger partial charge in [0.25, 0.3) is 0 Å². The van der Waals surface area contributed by atoms with E-state index in [1.165, 1.54) is 44.9 Å². The van der Waals surface area contributed by atoms with Gasteiger partial charge in [-0.2, -0.15) is 0 Å². The molecule has 0 radical (unpaired) electrons. The van der Waals surface area contributed by atoms with Crippen molar-refractivity contribution in [2.24, 2.45) is 10.8 Å². The van der Waals surface area contributed by atoms with Crippen molar-refractivity contribution in [1.82, 2.24) is 0 Å². The Morgan fingerprint density at radius 1 is 0.821 bits per heavy atom. The Morgan fingerprint density at radius 2 is 1.36 bits per heavy atom. The maximum Gasteiger partial charge on any atom is 0.200 e. The Bertz CT molecular complexity index is 629. The number of phenols is 3. The molecule has 2 rings (SSSR count). The van der Waals surface area contributed by atoms with Gasteiger partial charge in [-0.25, -0.2) is 0 Å². The Morgan fingerprint density at radius 3 is 1.89 bits per heavy atom. The number of hydrogen-bond acceptors (Lipinski definition) is 3. The molecule has 0 aliphatic heterocycles. The van der Waals surface area contributed by atoms with Gasteiger partial charge in [0.05, 0.1) is 0 Å². The van der Waals surface area contributed by atoms with Crippen molar-refractivity contribution in [3.05, 3.63) is 17.2 Å². The molecular weight excluding hydrogens is 348 g/mol. The second-order valence-electron chi connectivity index (χ2n) is 10.2. The molecular formula is C25H42O3. The van der Waals surface area contributed by atoms with Gasteiger partial charge in [-0.3, -0.25) is 0 Å². The van der Waals surface area contributed by atoms with Crippen molar-refractivity contribution in [3.63, 3.8) is 0 Å². The van der Waals surface area contributed by atoms with Crippen LogP contribution in [0.5, 0.6) is 17.2 Å². The molecule has 0 amide bonds. The predicted octanol–water partition coefficient (Wildman–Crippen LogP) is 7.25. The maximum atomic E-state index is 10.2. The van der Waals surface area contributed by atoms with Gasteiger partial charge < -0.3 is 15.3 Å². The average molecular weight is 391 g/mol. The minimum absolute atomic E-state index is 0.138. The van der Waals surface area contributed by atoms with Crippen molar-refractivity contribution in [3.8, 4) is 17.2 Å². The normalized spacial score (nSPS) is 15.7. The molecule has 1 aromatic rings. The number of unbranched alkanes of at least 4 members (excludes halogenated alkanes) is 4. The topological polar surface area (TPSA) is 60.7 Å². The lowest BCUT2D eigenvalue weighted by molar-refractivity contribution is 0.307. The van der Waals surface area contributed by atoms with E-state index in [0.29, 0.717) is 10.8 Å². The van der Waals surface area contributed by atoms with E-state index in [9.17, 15) is 15.3 Å². The van der Waals surface area contributed by atoms with E-state index in [0.717, 1.165) is 49.7 Å². The van der Waals surface area contributed by atoms with Crippen LogP contribution in [0.15, 0.2) is 6.07 Å². The zero-order chi connectivity index (χ0) is 20.8. The van der Waals surface area contributed by atoms with Crippen molar-refractivity contribution in [1.29, 1.82) is 0 Å². The monoisotopic (exact) mass is 390 g/mol. The summed E-state index contributed by atoms with van der Waals surface area (Å²) in [5, 5.41) is 30.5. The third-order valence-electron chi connectivity index (χ3n) is 6.99. The van der Waals surface area contributed by atoms with Gasteiger partial charge >= 0.3 is 0 Å². The third-order valence-corrected chi connectivity index (χ3v) is 6.99. The maximum absolute atomic E-state index is 10.2. The summed E-state index contributed by atoms with van der Waals surface area (Å²) in [5.74, 6) is -0.620. The molecule has 0 unspecified atom stereocenters. The summed E-state index contributed by atoms with van der Waals surface area (Å²) in [6.07, 6.45) is 14.7. The predicted molar refractivity (Wildman–Crippen MR) is 117 cm³/mol. The molecule has 0 bridgehead atoms. The Labute approximate surface area is 172 Å². The minimum Gasteiger partial charge on any atom is -0.504 e. The van der Waals surface area contributed by atoms with Crippen molar-refractivity contribution >= 4 is 0 Å². The lowest BCUT2D eigenvalue weighted by Crippen LogP contribution is -2.08. The largest absolute Gasteiger partial charge is 0.504 e. The molecule has 0 saturated heterocycles. The Hall–Kier alpha value is -1.38. The number of aryl methyl sites for hydroxylation is 2. The highest BCUT2D eigenvalue weighted by atomic mass is 16.3. The third kappa shape index (κ3) is 6.90. The van der Waals surface area contributed by atoms with Gasteiger partial charge in [0, 0.05) is 0 Å². The second-order valence-corrected chi connectivity index (χ2v) is 10.2. The highest BCUT2D eigenvalue weighted by molar-refractivity contribution is 5.57. The number of hydrogen-bond donors (Lipinski definition) is 3.